The number of methoxy groups -OCH3 is 1. The van der Waals surface area contributed by atoms with Crippen LogP contribution in [0.5, 0.6) is 5.75 Å². The first-order chi connectivity index (χ1) is 14.4. The van der Waals surface area contributed by atoms with Gasteiger partial charge < -0.3 is 9.64 Å². The molecule has 6 heteroatoms. The monoisotopic (exact) mass is 403 g/mol. The van der Waals surface area contributed by atoms with Gasteiger partial charge in [-0.05, 0) is 62.9 Å². The number of carbonyl (C=O) groups excluding carboxylic acids is 2. The van der Waals surface area contributed by atoms with Crippen LogP contribution in [-0.2, 0) is 11.2 Å². The molecule has 1 aliphatic rings. The summed E-state index contributed by atoms with van der Waals surface area (Å²) in [5.41, 5.74) is 5.30. The van der Waals surface area contributed by atoms with Crippen molar-refractivity contribution in [2.24, 2.45) is 0 Å². The molecule has 2 heterocycles. The van der Waals surface area contributed by atoms with Crippen molar-refractivity contribution in [1.82, 2.24) is 9.78 Å². The number of amides is 1. The lowest BCUT2D eigenvalue weighted by Crippen LogP contribution is -2.40. The van der Waals surface area contributed by atoms with Crippen LogP contribution in [0.2, 0.25) is 0 Å². The van der Waals surface area contributed by atoms with E-state index < -0.39 is 11.7 Å². The van der Waals surface area contributed by atoms with E-state index in [9.17, 15) is 9.59 Å². The molecule has 0 bridgehead atoms. The Morgan fingerprint density at radius 1 is 1.03 bits per heavy atom. The van der Waals surface area contributed by atoms with Gasteiger partial charge in [-0.3, -0.25) is 9.59 Å². The summed E-state index contributed by atoms with van der Waals surface area (Å²) in [6.07, 6.45) is 1.67. The molecule has 0 saturated carbocycles. The van der Waals surface area contributed by atoms with Gasteiger partial charge in [-0.1, -0.05) is 24.3 Å². The highest BCUT2D eigenvalue weighted by atomic mass is 16.5. The highest BCUT2D eigenvalue weighted by Gasteiger charge is 2.34. The first kappa shape index (κ1) is 19.9. The van der Waals surface area contributed by atoms with Crippen molar-refractivity contribution >= 4 is 17.4 Å². The minimum Gasteiger partial charge on any atom is -0.495 e. The quantitative estimate of drug-likeness (QED) is 0.488. The van der Waals surface area contributed by atoms with Gasteiger partial charge in [0, 0.05) is 6.54 Å². The van der Waals surface area contributed by atoms with Gasteiger partial charge in [0.15, 0.2) is 0 Å². The van der Waals surface area contributed by atoms with Crippen LogP contribution in [0.1, 0.15) is 39.3 Å². The molecule has 0 saturated heterocycles. The van der Waals surface area contributed by atoms with Gasteiger partial charge in [0.05, 0.1) is 35.4 Å². The minimum atomic E-state index is -0.543. The molecule has 0 unspecified atom stereocenters. The summed E-state index contributed by atoms with van der Waals surface area (Å²) in [7, 11) is 1.59. The van der Waals surface area contributed by atoms with Crippen LogP contribution in [-0.4, -0.2) is 35.1 Å². The lowest BCUT2D eigenvalue weighted by molar-refractivity contribution is -0.114. The number of fused-ring (bicyclic) bond motifs is 1. The number of aryl methyl sites for hydroxylation is 2. The van der Waals surface area contributed by atoms with Crippen molar-refractivity contribution in [3.63, 3.8) is 0 Å². The molecule has 0 N–H and O–H groups in total. The average molecular weight is 403 g/mol. The van der Waals surface area contributed by atoms with E-state index in [1.807, 2.05) is 56.3 Å². The largest absolute Gasteiger partial charge is 0.495 e. The normalized spacial score (nSPS) is 13.1. The van der Waals surface area contributed by atoms with Gasteiger partial charge in [0.25, 0.3) is 11.7 Å². The van der Waals surface area contributed by atoms with Crippen LogP contribution in [0.4, 0.5) is 5.69 Å². The molecule has 2 aromatic carbocycles. The summed E-state index contributed by atoms with van der Waals surface area (Å²) in [6.45, 7) is 6.10. The molecule has 0 spiro atoms. The molecular weight excluding hydrogens is 378 g/mol. The zero-order valence-electron chi connectivity index (χ0n) is 17.7. The van der Waals surface area contributed by atoms with Gasteiger partial charge in [0.2, 0.25) is 0 Å². The number of aromatic nitrogens is 2. The summed E-state index contributed by atoms with van der Waals surface area (Å²) in [5.74, 6) is -0.466. The first-order valence-electron chi connectivity index (χ1n) is 10.1. The third-order valence-corrected chi connectivity index (χ3v) is 5.74. The summed E-state index contributed by atoms with van der Waals surface area (Å²) < 4.78 is 7.23. The molecule has 1 aliphatic heterocycles. The zero-order chi connectivity index (χ0) is 21.4. The Labute approximate surface area is 176 Å². The van der Waals surface area contributed by atoms with Crippen LogP contribution < -0.4 is 9.64 Å². The number of Topliss-reactive ketones (excluding diaryl/α,β-unsaturated/α-hetero) is 1. The summed E-state index contributed by atoms with van der Waals surface area (Å²) in [4.78, 5) is 28.3. The Morgan fingerprint density at radius 3 is 2.47 bits per heavy atom. The highest BCUT2D eigenvalue weighted by Crippen LogP contribution is 2.38. The highest BCUT2D eigenvalue weighted by molar-refractivity contribution is 6.47. The molecule has 3 aromatic rings. The number of para-hydroxylation sites is 1. The smallest absolute Gasteiger partial charge is 0.299 e. The van der Waals surface area contributed by atoms with Crippen LogP contribution >= 0.6 is 0 Å². The fourth-order valence-electron chi connectivity index (χ4n) is 4.24. The van der Waals surface area contributed by atoms with Crippen molar-refractivity contribution in [1.29, 1.82) is 0 Å². The fraction of sp³-hybridized carbons (Fsp3) is 0.292. The van der Waals surface area contributed by atoms with Crippen molar-refractivity contribution in [3.8, 4) is 11.4 Å². The van der Waals surface area contributed by atoms with E-state index in [2.05, 4.69) is 5.10 Å². The maximum absolute atomic E-state index is 13.4. The topological polar surface area (TPSA) is 64.4 Å². The van der Waals surface area contributed by atoms with E-state index in [1.54, 1.807) is 23.6 Å². The van der Waals surface area contributed by atoms with Crippen molar-refractivity contribution in [3.05, 3.63) is 70.5 Å². The van der Waals surface area contributed by atoms with E-state index in [1.165, 1.54) is 0 Å². The lowest BCUT2D eigenvalue weighted by Gasteiger charge is -2.31. The maximum Gasteiger partial charge on any atom is 0.299 e. The second kappa shape index (κ2) is 7.78. The number of nitrogens with zero attached hydrogens (tertiary/aromatic N) is 3. The van der Waals surface area contributed by atoms with E-state index in [4.69, 9.17) is 4.74 Å². The number of ketones is 1. The SMILES string of the molecule is COc1ccc(C)c2c1N(C(=O)C(=O)c1c(C)nn(-c3ccccc3)c1C)CCC2. The second-order valence-corrected chi connectivity index (χ2v) is 7.59. The Kier molecular flexibility index (Phi) is 5.16. The molecule has 0 atom stereocenters. The molecular formula is C24H25N3O3. The van der Waals surface area contributed by atoms with Crippen molar-refractivity contribution in [2.45, 2.75) is 33.6 Å². The van der Waals surface area contributed by atoms with Gasteiger partial charge >= 0.3 is 0 Å². The number of ether oxygens (including phenoxy) is 1. The molecule has 4 rings (SSSR count). The summed E-state index contributed by atoms with van der Waals surface area (Å²) in [6, 6.07) is 13.4. The molecule has 0 aliphatic carbocycles. The number of anilines is 1. The number of rotatable bonds is 4. The van der Waals surface area contributed by atoms with E-state index >= 15 is 0 Å². The van der Waals surface area contributed by atoms with Crippen LogP contribution in [0.15, 0.2) is 42.5 Å². The van der Waals surface area contributed by atoms with Gasteiger partial charge in [-0.15, -0.1) is 0 Å². The lowest BCUT2D eigenvalue weighted by atomic mass is 9.95. The standard InChI is InChI=1S/C24H25N3O3/c1-15-12-13-20(30-4)22-19(15)11-8-14-26(22)24(29)23(28)21-16(2)25-27(17(21)3)18-9-6-5-7-10-18/h5-7,9-10,12-13H,8,11,14H2,1-4H3. The predicted octanol–water partition coefficient (Wildman–Crippen LogP) is 3.97. The summed E-state index contributed by atoms with van der Waals surface area (Å²) >= 11 is 0. The molecule has 30 heavy (non-hydrogen) atoms. The van der Waals surface area contributed by atoms with E-state index in [0.717, 1.165) is 29.7 Å². The van der Waals surface area contributed by atoms with Crippen LogP contribution in [0.3, 0.4) is 0 Å². The minimum absolute atomic E-state index is 0.364. The van der Waals surface area contributed by atoms with E-state index in [-0.39, 0.29) is 0 Å². The Hall–Kier alpha value is -3.41. The van der Waals surface area contributed by atoms with E-state index in [0.29, 0.717) is 34.9 Å². The molecule has 0 radical (unpaired) electrons. The number of carbonyl (C=O) groups is 2. The third kappa shape index (κ3) is 3.18. The van der Waals surface area contributed by atoms with Gasteiger partial charge in [-0.25, -0.2) is 4.68 Å². The van der Waals surface area contributed by atoms with Crippen LogP contribution in [0, 0.1) is 20.8 Å². The molecule has 0 fully saturated rings. The maximum atomic E-state index is 13.4. The predicted molar refractivity (Wildman–Crippen MR) is 116 cm³/mol. The first-order valence-corrected chi connectivity index (χ1v) is 10.1. The Morgan fingerprint density at radius 2 is 1.77 bits per heavy atom. The Balaban J connectivity index is 1.74. The Bertz CT molecular complexity index is 1130. The molecule has 1 aromatic heterocycles. The van der Waals surface area contributed by atoms with Crippen LogP contribution in [0.25, 0.3) is 5.69 Å². The number of hydrogen-bond donors (Lipinski definition) is 0. The number of benzene rings is 2. The zero-order valence-corrected chi connectivity index (χ0v) is 17.7. The fourth-order valence-corrected chi connectivity index (χ4v) is 4.24. The average Bonchev–Trinajstić information content (AvgIpc) is 3.07. The second-order valence-electron chi connectivity index (χ2n) is 7.59. The molecule has 1 amide bonds. The summed E-state index contributed by atoms with van der Waals surface area (Å²) in [5, 5.41) is 4.52. The number of hydrogen-bond acceptors (Lipinski definition) is 4. The third-order valence-electron chi connectivity index (χ3n) is 5.74. The van der Waals surface area contributed by atoms with Crippen molar-refractivity contribution in [2.75, 3.05) is 18.6 Å². The van der Waals surface area contributed by atoms with Gasteiger partial charge in [0.1, 0.15) is 5.75 Å². The van der Waals surface area contributed by atoms with Gasteiger partial charge in [-0.2, -0.15) is 5.10 Å². The van der Waals surface area contributed by atoms with Crippen molar-refractivity contribution < 1.29 is 14.3 Å². The molecule has 154 valence electrons. The molecule has 6 nitrogen and oxygen atoms in total.